The highest BCUT2D eigenvalue weighted by Gasteiger charge is 2.30. The van der Waals surface area contributed by atoms with Gasteiger partial charge in [0, 0.05) is 17.5 Å². The van der Waals surface area contributed by atoms with Crippen molar-refractivity contribution >= 4 is 11.0 Å². The van der Waals surface area contributed by atoms with Crippen LogP contribution < -0.4 is 10.4 Å². The van der Waals surface area contributed by atoms with Gasteiger partial charge in [-0.25, -0.2) is 4.79 Å². The molecule has 0 radical (unpaired) electrons. The van der Waals surface area contributed by atoms with Crippen molar-refractivity contribution in [2.75, 3.05) is 0 Å². The molecule has 1 heterocycles. The molecule has 0 atom stereocenters. The van der Waals surface area contributed by atoms with Crippen LogP contribution in [0.3, 0.4) is 0 Å². The van der Waals surface area contributed by atoms with Crippen LogP contribution in [-0.4, -0.2) is 0 Å². The number of fused-ring (bicyclic) bond motifs is 1. The van der Waals surface area contributed by atoms with E-state index >= 15 is 0 Å². The van der Waals surface area contributed by atoms with Gasteiger partial charge in [0.2, 0.25) is 0 Å². The highest BCUT2D eigenvalue weighted by molar-refractivity contribution is 5.81. The van der Waals surface area contributed by atoms with Crippen molar-refractivity contribution in [2.24, 2.45) is 0 Å². The lowest BCUT2D eigenvalue weighted by Crippen LogP contribution is -2.06. The lowest BCUT2D eigenvalue weighted by molar-refractivity contribution is -0.137. The van der Waals surface area contributed by atoms with Gasteiger partial charge in [-0.3, -0.25) is 0 Å². The summed E-state index contributed by atoms with van der Waals surface area (Å²) in [7, 11) is 0. The molecule has 0 aliphatic rings. The summed E-state index contributed by atoms with van der Waals surface area (Å²) in [6.45, 7) is 1.92. The molecule has 0 aliphatic carbocycles. The van der Waals surface area contributed by atoms with Crippen LogP contribution in [0, 0.1) is 0 Å². The van der Waals surface area contributed by atoms with E-state index in [1.807, 2.05) is 6.92 Å². The van der Waals surface area contributed by atoms with Gasteiger partial charge in [0.15, 0.2) is 0 Å². The predicted octanol–water partition coefficient (Wildman–Crippen LogP) is 4.95. The third-order valence-electron chi connectivity index (χ3n) is 3.84. The number of benzene rings is 2. The summed E-state index contributed by atoms with van der Waals surface area (Å²) in [5.41, 5.74) is 0.505. The Balaban J connectivity index is 1.83. The quantitative estimate of drug-likeness (QED) is 0.626. The summed E-state index contributed by atoms with van der Waals surface area (Å²) in [5, 5.41) is 0.813. The first-order chi connectivity index (χ1) is 11.9. The van der Waals surface area contributed by atoms with E-state index in [1.54, 1.807) is 24.3 Å². The summed E-state index contributed by atoms with van der Waals surface area (Å²) >= 11 is 0. The third kappa shape index (κ3) is 3.84. The van der Waals surface area contributed by atoms with Crippen LogP contribution in [0.15, 0.2) is 57.7 Å². The third-order valence-corrected chi connectivity index (χ3v) is 3.84. The molecule has 0 fully saturated rings. The van der Waals surface area contributed by atoms with E-state index in [0.717, 1.165) is 23.1 Å². The monoisotopic (exact) mass is 348 g/mol. The molecule has 0 N–H and O–H groups in total. The molecule has 0 unspecified atom stereocenters. The molecule has 1 aromatic heterocycles. The summed E-state index contributed by atoms with van der Waals surface area (Å²) in [5.74, 6) is 0.418. The van der Waals surface area contributed by atoms with E-state index in [4.69, 9.17) is 9.15 Å². The van der Waals surface area contributed by atoms with Crippen LogP contribution in [0.4, 0.5) is 13.2 Å². The molecule has 130 valence electrons. The predicted molar refractivity (Wildman–Crippen MR) is 87.6 cm³/mol. The van der Waals surface area contributed by atoms with Crippen molar-refractivity contribution < 1.29 is 22.3 Å². The van der Waals surface area contributed by atoms with Gasteiger partial charge in [-0.15, -0.1) is 0 Å². The fourth-order valence-corrected chi connectivity index (χ4v) is 2.60. The van der Waals surface area contributed by atoms with Crippen LogP contribution in [0.1, 0.15) is 23.6 Å². The molecule has 0 saturated carbocycles. The second-order valence-corrected chi connectivity index (χ2v) is 5.59. The van der Waals surface area contributed by atoms with Gasteiger partial charge in [-0.05, 0) is 41.8 Å². The lowest BCUT2D eigenvalue weighted by Gasteiger charge is -2.10. The molecule has 0 amide bonds. The van der Waals surface area contributed by atoms with Crippen LogP contribution in [0.5, 0.6) is 5.75 Å². The molecular formula is C19H15F3O3. The van der Waals surface area contributed by atoms with E-state index in [9.17, 15) is 18.0 Å². The number of hydrogen-bond acceptors (Lipinski definition) is 3. The maximum atomic E-state index is 12.7. The van der Waals surface area contributed by atoms with Gasteiger partial charge in [0.25, 0.3) is 0 Å². The maximum Gasteiger partial charge on any atom is 0.416 e. The highest BCUT2D eigenvalue weighted by Crippen LogP contribution is 2.30. The van der Waals surface area contributed by atoms with Crippen molar-refractivity contribution in [3.05, 3.63) is 75.6 Å². The minimum Gasteiger partial charge on any atom is -0.489 e. The molecule has 3 aromatic rings. The molecule has 0 spiro atoms. The number of hydrogen-bond donors (Lipinski definition) is 0. The van der Waals surface area contributed by atoms with Gasteiger partial charge in [-0.2, -0.15) is 13.2 Å². The molecule has 0 aliphatic heterocycles. The molecular weight excluding hydrogens is 333 g/mol. The standard InChI is InChI=1S/C19H15F3O3/c1-2-13-9-18(23)25-17-10-15(6-7-16(13)17)24-11-12-4-3-5-14(8-12)19(20,21)22/h3-10H,2,11H2,1H3. The van der Waals surface area contributed by atoms with E-state index in [0.29, 0.717) is 23.3 Å². The second kappa shape index (κ2) is 6.63. The second-order valence-electron chi connectivity index (χ2n) is 5.59. The van der Waals surface area contributed by atoms with Crippen LogP contribution >= 0.6 is 0 Å². The minimum atomic E-state index is -4.39. The zero-order valence-electron chi connectivity index (χ0n) is 13.4. The van der Waals surface area contributed by atoms with Crippen molar-refractivity contribution in [3.8, 4) is 5.75 Å². The zero-order chi connectivity index (χ0) is 18.0. The van der Waals surface area contributed by atoms with Crippen LogP contribution in [0.2, 0.25) is 0 Å². The Morgan fingerprint density at radius 2 is 1.88 bits per heavy atom. The van der Waals surface area contributed by atoms with E-state index in [-0.39, 0.29) is 6.61 Å². The van der Waals surface area contributed by atoms with E-state index in [1.165, 1.54) is 12.1 Å². The average molecular weight is 348 g/mol. The Labute approximate surface area is 141 Å². The largest absolute Gasteiger partial charge is 0.489 e. The van der Waals surface area contributed by atoms with Gasteiger partial charge >= 0.3 is 11.8 Å². The Hall–Kier alpha value is -2.76. The Bertz CT molecular complexity index is 958. The summed E-state index contributed by atoms with van der Waals surface area (Å²) in [6, 6.07) is 11.5. The molecule has 0 bridgehead atoms. The smallest absolute Gasteiger partial charge is 0.416 e. The van der Waals surface area contributed by atoms with Crippen molar-refractivity contribution in [1.29, 1.82) is 0 Å². The normalized spacial score (nSPS) is 11.7. The average Bonchev–Trinajstić information content (AvgIpc) is 2.58. The van der Waals surface area contributed by atoms with Crippen LogP contribution in [0.25, 0.3) is 11.0 Å². The van der Waals surface area contributed by atoms with E-state index in [2.05, 4.69) is 0 Å². The Morgan fingerprint density at radius 3 is 2.60 bits per heavy atom. The van der Waals surface area contributed by atoms with Crippen molar-refractivity contribution in [1.82, 2.24) is 0 Å². The molecule has 25 heavy (non-hydrogen) atoms. The molecule has 0 saturated heterocycles. The first-order valence-corrected chi connectivity index (χ1v) is 7.72. The molecule has 3 nitrogen and oxygen atoms in total. The lowest BCUT2D eigenvalue weighted by atomic mass is 10.1. The Morgan fingerprint density at radius 1 is 1.08 bits per heavy atom. The first kappa shape index (κ1) is 17.1. The van der Waals surface area contributed by atoms with Crippen LogP contribution in [-0.2, 0) is 19.2 Å². The molecule has 3 rings (SSSR count). The SMILES string of the molecule is CCc1cc(=O)oc2cc(OCc3cccc(C(F)(F)F)c3)ccc12. The fraction of sp³-hybridized carbons (Fsp3) is 0.211. The highest BCUT2D eigenvalue weighted by atomic mass is 19.4. The number of rotatable bonds is 4. The number of halogens is 3. The molecule has 2 aromatic carbocycles. The Kier molecular flexibility index (Phi) is 4.53. The van der Waals surface area contributed by atoms with Crippen molar-refractivity contribution in [2.45, 2.75) is 26.1 Å². The van der Waals surface area contributed by atoms with Gasteiger partial charge in [0.05, 0.1) is 5.56 Å². The first-order valence-electron chi connectivity index (χ1n) is 7.72. The van der Waals surface area contributed by atoms with E-state index < -0.39 is 17.4 Å². The van der Waals surface area contributed by atoms with Gasteiger partial charge < -0.3 is 9.15 Å². The summed E-state index contributed by atoms with van der Waals surface area (Å²) < 4.78 is 48.9. The number of ether oxygens (including phenoxy) is 1. The van der Waals surface area contributed by atoms with Crippen molar-refractivity contribution in [3.63, 3.8) is 0 Å². The fourth-order valence-electron chi connectivity index (χ4n) is 2.60. The maximum absolute atomic E-state index is 12.7. The zero-order valence-corrected chi connectivity index (χ0v) is 13.4. The number of aryl methyl sites for hydroxylation is 1. The topological polar surface area (TPSA) is 39.4 Å². The molecule has 6 heteroatoms. The number of alkyl halides is 3. The summed E-state index contributed by atoms with van der Waals surface area (Å²) in [4.78, 5) is 11.6. The van der Waals surface area contributed by atoms with Gasteiger partial charge in [-0.1, -0.05) is 19.1 Å². The van der Waals surface area contributed by atoms with Gasteiger partial charge in [0.1, 0.15) is 17.9 Å². The minimum absolute atomic E-state index is 0.0207. The summed E-state index contributed by atoms with van der Waals surface area (Å²) in [6.07, 6.45) is -3.70.